The number of aryl methyl sites for hydroxylation is 1. The summed E-state index contributed by atoms with van der Waals surface area (Å²) in [5.41, 5.74) is 1.88. The van der Waals surface area contributed by atoms with Gasteiger partial charge in [-0.05, 0) is 25.7 Å². The quantitative estimate of drug-likeness (QED) is 0.763. The molecule has 4 heteroatoms. The molecule has 18 heavy (non-hydrogen) atoms. The lowest BCUT2D eigenvalue weighted by molar-refractivity contribution is 0.372. The zero-order chi connectivity index (χ0) is 12.4. The van der Waals surface area contributed by atoms with Gasteiger partial charge in [0.2, 0.25) is 0 Å². The number of nitrogens with zero attached hydrogens (tertiary/aromatic N) is 4. The van der Waals surface area contributed by atoms with E-state index >= 15 is 0 Å². The zero-order valence-corrected chi connectivity index (χ0v) is 11.0. The van der Waals surface area contributed by atoms with Crippen LogP contribution in [0.4, 0.5) is 0 Å². The summed E-state index contributed by atoms with van der Waals surface area (Å²) >= 11 is 0. The summed E-state index contributed by atoms with van der Waals surface area (Å²) in [6.07, 6.45) is 12.1. The van der Waals surface area contributed by atoms with Gasteiger partial charge in [0.1, 0.15) is 17.2 Å². The van der Waals surface area contributed by atoms with Crippen molar-refractivity contribution in [3.05, 3.63) is 18.2 Å². The standard InChI is InChI=1S/C14H20N4/c1-11-16-13-8-15-18(10-14(13)17-11)9-12-6-4-2-3-5-7-12/h8,10,12H,2-7,9H2,1H3. The molecule has 2 heterocycles. The van der Waals surface area contributed by atoms with E-state index in [1.165, 1.54) is 38.5 Å². The Bertz CT molecular complexity index is 483. The third-order valence-corrected chi connectivity index (χ3v) is 3.85. The minimum atomic E-state index is 0.784. The van der Waals surface area contributed by atoms with E-state index in [1.807, 2.05) is 24.0 Å². The van der Waals surface area contributed by atoms with E-state index in [0.717, 1.165) is 29.7 Å². The fourth-order valence-electron chi connectivity index (χ4n) is 2.89. The summed E-state index contributed by atoms with van der Waals surface area (Å²) in [7, 11) is 0. The van der Waals surface area contributed by atoms with E-state index in [9.17, 15) is 0 Å². The first-order chi connectivity index (χ1) is 8.81. The summed E-state index contributed by atoms with van der Waals surface area (Å²) < 4.78 is 2.05. The van der Waals surface area contributed by atoms with Crippen molar-refractivity contribution in [1.82, 2.24) is 19.7 Å². The van der Waals surface area contributed by atoms with Crippen molar-refractivity contribution in [1.29, 1.82) is 0 Å². The minimum Gasteiger partial charge on any atom is -0.270 e. The van der Waals surface area contributed by atoms with Crippen LogP contribution in [0.2, 0.25) is 0 Å². The van der Waals surface area contributed by atoms with Crippen molar-refractivity contribution >= 4 is 0 Å². The van der Waals surface area contributed by atoms with Crippen LogP contribution in [0.15, 0.2) is 12.4 Å². The van der Waals surface area contributed by atoms with Crippen molar-refractivity contribution < 1.29 is 0 Å². The first kappa shape index (κ1) is 11.6. The van der Waals surface area contributed by atoms with Gasteiger partial charge in [-0.1, -0.05) is 25.7 Å². The van der Waals surface area contributed by atoms with Gasteiger partial charge in [0.15, 0.2) is 0 Å². The van der Waals surface area contributed by atoms with Crippen molar-refractivity contribution in [2.24, 2.45) is 5.92 Å². The highest BCUT2D eigenvalue weighted by Crippen LogP contribution is 2.24. The maximum Gasteiger partial charge on any atom is 0.126 e. The highest BCUT2D eigenvalue weighted by molar-refractivity contribution is 5.53. The normalized spacial score (nSPS) is 18.1. The minimum absolute atomic E-state index is 0.784. The van der Waals surface area contributed by atoms with Gasteiger partial charge in [-0.3, -0.25) is 4.68 Å². The highest BCUT2D eigenvalue weighted by atomic mass is 15.3. The van der Waals surface area contributed by atoms with Crippen LogP contribution in [0.3, 0.4) is 0 Å². The third-order valence-electron chi connectivity index (χ3n) is 3.85. The predicted octanol–water partition coefficient (Wildman–Crippen LogP) is 3.06. The van der Waals surface area contributed by atoms with E-state index in [4.69, 9.17) is 0 Å². The van der Waals surface area contributed by atoms with E-state index in [0.29, 0.717) is 0 Å². The van der Waals surface area contributed by atoms with E-state index < -0.39 is 0 Å². The Balaban J connectivity index is 1.75. The maximum absolute atomic E-state index is 4.46. The molecule has 3 aliphatic rings. The lowest BCUT2D eigenvalue weighted by Gasteiger charge is -2.15. The molecule has 4 nitrogen and oxygen atoms in total. The molecular formula is C14H20N4. The number of hydrogen-bond donors (Lipinski definition) is 0. The Kier molecular flexibility index (Phi) is 3.26. The Morgan fingerprint density at radius 1 is 1.11 bits per heavy atom. The SMILES string of the molecule is Cc1nc2cnn(CC3CCCCCC3)cc-2n1. The van der Waals surface area contributed by atoms with E-state index in [-0.39, 0.29) is 0 Å². The number of rotatable bonds is 2. The molecule has 0 aromatic rings. The van der Waals surface area contributed by atoms with Crippen molar-refractivity contribution in [2.45, 2.75) is 52.0 Å². The third kappa shape index (κ3) is 2.52. The van der Waals surface area contributed by atoms with Crippen LogP contribution in [0.25, 0.3) is 11.4 Å². The van der Waals surface area contributed by atoms with Gasteiger partial charge >= 0.3 is 0 Å². The molecule has 0 amide bonds. The molecule has 1 saturated carbocycles. The first-order valence-electron chi connectivity index (χ1n) is 6.98. The second kappa shape index (κ2) is 5.04. The van der Waals surface area contributed by atoms with E-state index in [1.54, 1.807) is 0 Å². The predicted molar refractivity (Wildman–Crippen MR) is 70.4 cm³/mol. The summed E-state index contributed by atoms with van der Waals surface area (Å²) in [5, 5.41) is 4.46. The second-order valence-corrected chi connectivity index (χ2v) is 5.39. The molecule has 0 unspecified atom stereocenters. The maximum atomic E-state index is 4.46. The molecular weight excluding hydrogens is 224 g/mol. The lowest BCUT2D eigenvalue weighted by Crippen LogP contribution is -2.13. The summed E-state index contributed by atoms with van der Waals surface area (Å²) in [6, 6.07) is 0. The van der Waals surface area contributed by atoms with Crippen LogP contribution in [0.1, 0.15) is 44.3 Å². The van der Waals surface area contributed by atoms with Crippen molar-refractivity contribution in [3.8, 4) is 11.4 Å². The van der Waals surface area contributed by atoms with Gasteiger partial charge in [0, 0.05) is 6.54 Å². The van der Waals surface area contributed by atoms with Gasteiger partial charge in [-0.2, -0.15) is 5.10 Å². The van der Waals surface area contributed by atoms with Crippen LogP contribution in [0, 0.1) is 12.8 Å². The molecule has 0 aromatic carbocycles. The smallest absolute Gasteiger partial charge is 0.126 e. The van der Waals surface area contributed by atoms with Crippen LogP contribution in [0.5, 0.6) is 0 Å². The topological polar surface area (TPSA) is 43.6 Å². The van der Waals surface area contributed by atoms with Crippen LogP contribution < -0.4 is 0 Å². The second-order valence-electron chi connectivity index (χ2n) is 5.39. The van der Waals surface area contributed by atoms with Crippen molar-refractivity contribution in [3.63, 3.8) is 0 Å². The average molecular weight is 244 g/mol. The van der Waals surface area contributed by atoms with Crippen LogP contribution >= 0.6 is 0 Å². The summed E-state index contributed by atoms with van der Waals surface area (Å²) in [5.74, 6) is 1.62. The van der Waals surface area contributed by atoms with E-state index in [2.05, 4.69) is 15.1 Å². The molecule has 0 saturated heterocycles. The fraction of sp³-hybridized carbons (Fsp3) is 0.643. The number of imidazole rings is 1. The van der Waals surface area contributed by atoms with Crippen LogP contribution in [-0.4, -0.2) is 19.7 Å². The molecule has 0 atom stereocenters. The van der Waals surface area contributed by atoms with Gasteiger partial charge < -0.3 is 0 Å². The molecule has 0 aromatic heterocycles. The highest BCUT2D eigenvalue weighted by Gasteiger charge is 2.14. The Labute approximate surface area is 108 Å². The molecule has 0 spiro atoms. The molecule has 0 bridgehead atoms. The number of hydrogen-bond acceptors (Lipinski definition) is 3. The molecule has 2 aliphatic heterocycles. The Hall–Kier alpha value is -1.45. The number of fused-ring (bicyclic) bond motifs is 1. The fourth-order valence-corrected chi connectivity index (χ4v) is 2.89. The monoisotopic (exact) mass is 244 g/mol. The summed E-state index contributed by atoms with van der Waals surface area (Å²) in [6.45, 7) is 2.96. The molecule has 3 rings (SSSR count). The summed E-state index contributed by atoms with van der Waals surface area (Å²) in [4.78, 5) is 8.74. The average Bonchev–Trinajstić information content (AvgIpc) is 2.56. The molecule has 1 fully saturated rings. The molecule has 0 N–H and O–H groups in total. The van der Waals surface area contributed by atoms with Crippen molar-refractivity contribution in [2.75, 3.05) is 0 Å². The van der Waals surface area contributed by atoms with Gasteiger partial charge in [-0.15, -0.1) is 0 Å². The van der Waals surface area contributed by atoms with Gasteiger partial charge in [-0.25, -0.2) is 9.97 Å². The lowest BCUT2D eigenvalue weighted by atomic mass is 10.0. The van der Waals surface area contributed by atoms with Gasteiger partial charge in [0.25, 0.3) is 0 Å². The molecule has 1 aliphatic carbocycles. The number of aromatic nitrogens is 4. The first-order valence-corrected chi connectivity index (χ1v) is 6.98. The Morgan fingerprint density at radius 3 is 2.61 bits per heavy atom. The molecule has 96 valence electrons. The van der Waals surface area contributed by atoms with Crippen LogP contribution in [-0.2, 0) is 6.54 Å². The Morgan fingerprint density at radius 2 is 1.83 bits per heavy atom. The zero-order valence-electron chi connectivity index (χ0n) is 11.0. The largest absolute Gasteiger partial charge is 0.270 e. The molecule has 0 radical (unpaired) electrons. The van der Waals surface area contributed by atoms with Gasteiger partial charge in [0.05, 0.1) is 12.4 Å².